The number of benzene rings is 1. The van der Waals surface area contributed by atoms with E-state index < -0.39 is 12.5 Å². The number of anilines is 1. The molecule has 0 spiro atoms. The van der Waals surface area contributed by atoms with E-state index in [1.807, 2.05) is 0 Å². The largest absolute Gasteiger partial charge is 0.435 e. The number of alkyl halides is 2. The van der Waals surface area contributed by atoms with Crippen molar-refractivity contribution in [1.29, 1.82) is 0 Å². The number of carbonyl (C=O) groups is 1. The highest BCUT2D eigenvalue weighted by Crippen LogP contribution is 2.17. The van der Waals surface area contributed by atoms with Crippen molar-refractivity contribution in [2.45, 2.75) is 13.0 Å². The van der Waals surface area contributed by atoms with Crippen LogP contribution in [0.5, 0.6) is 5.75 Å². The van der Waals surface area contributed by atoms with Gasteiger partial charge in [0, 0.05) is 18.7 Å². The Kier molecular flexibility index (Phi) is 4.50. The number of hydrogen-bond donors (Lipinski definition) is 2. The van der Waals surface area contributed by atoms with Crippen LogP contribution in [0.1, 0.15) is 6.42 Å². The van der Waals surface area contributed by atoms with Crippen LogP contribution in [0.3, 0.4) is 0 Å². The van der Waals surface area contributed by atoms with Gasteiger partial charge >= 0.3 is 6.61 Å². The van der Waals surface area contributed by atoms with Gasteiger partial charge in [-0.1, -0.05) is 0 Å². The molecular weight excluding hydrogens is 218 g/mol. The van der Waals surface area contributed by atoms with Gasteiger partial charge in [-0.05, 0) is 24.3 Å². The first-order chi connectivity index (χ1) is 7.58. The molecule has 1 aromatic carbocycles. The number of primary amides is 1. The number of hydrogen-bond acceptors (Lipinski definition) is 3. The van der Waals surface area contributed by atoms with Crippen LogP contribution in [-0.4, -0.2) is 19.1 Å². The van der Waals surface area contributed by atoms with Crippen LogP contribution in [0, 0.1) is 0 Å². The van der Waals surface area contributed by atoms with Crippen molar-refractivity contribution < 1.29 is 18.3 Å². The first kappa shape index (κ1) is 12.2. The summed E-state index contributed by atoms with van der Waals surface area (Å²) in [5, 5.41) is 2.91. The van der Waals surface area contributed by atoms with Crippen LogP contribution in [-0.2, 0) is 4.79 Å². The molecule has 0 aliphatic heterocycles. The molecule has 4 nitrogen and oxygen atoms in total. The lowest BCUT2D eigenvalue weighted by molar-refractivity contribution is -0.117. The monoisotopic (exact) mass is 230 g/mol. The molecule has 1 amide bonds. The van der Waals surface area contributed by atoms with E-state index >= 15 is 0 Å². The molecular formula is C10H12F2N2O2. The minimum absolute atomic E-state index is 0.0930. The average Bonchev–Trinajstić information content (AvgIpc) is 2.19. The van der Waals surface area contributed by atoms with Crippen molar-refractivity contribution in [3.63, 3.8) is 0 Å². The lowest BCUT2D eigenvalue weighted by Crippen LogP contribution is -2.15. The zero-order valence-electron chi connectivity index (χ0n) is 8.45. The molecule has 0 aromatic heterocycles. The number of halogens is 2. The molecule has 1 rings (SSSR count). The molecule has 0 aliphatic rings. The predicted molar refractivity (Wildman–Crippen MR) is 55.4 cm³/mol. The van der Waals surface area contributed by atoms with Gasteiger partial charge in [0.2, 0.25) is 5.91 Å². The molecule has 0 heterocycles. The van der Waals surface area contributed by atoms with Crippen LogP contribution in [0.2, 0.25) is 0 Å². The highest BCUT2D eigenvalue weighted by atomic mass is 19.3. The van der Waals surface area contributed by atoms with Crippen LogP contribution in [0.4, 0.5) is 14.5 Å². The summed E-state index contributed by atoms with van der Waals surface area (Å²) in [6.45, 7) is -2.42. The SMILES string of the molecule is NC(=O)CCNc1ccc(OC(F)F)cc1. The van der Waals surface area contributed by atoms with Gasteiger partial charge in [-0.3, -0.25) is 4.79 Å². The fourth-order valence-electron chi connectivity index (χ4n) is 1.08. The lowest BCUT2D eigenvalue weighted by Gasteiger charge is -2.07. The van der Waals surface area contributed by atoms with Crippen LogP contribution in [0.25, 0.3) is 0 Å². The minimum Gasteiger partial charge on any atom is -0.435 e. The van der Waals surface area contributed by atoms with Gasteiger partial charge in [0.1, 0.15) is 5.75 Å². The molecule has 0 aliphatic carbocycles. The van der Waals surface area contributed by atoms with Crippen LogP contribution in [0.15, 0.2) is 24.3 Å². The Bertz CT molecular complexity index is 341. The summed E-state index contributed by atoms with van der Waals surface area (Å²) in [6, 6.07) is 5.99. The number of amides is 1. The minimum atomic E-state index is -2.83. The van der Waals surface area contributed by atoms with Gasteiger partial charge in [0.15, 0.2) is 0 Å². The molecule has 0 fully saturated rings. The molecule has 0 radical (unpaired) electrons. The second-order valence-corrected chi connectivity index (χ2v) is 3.05. The van der Waals surface area contributed by atoms with Crippen LogP contribution < -0.4 is 15.8 Å². The van der Waals surface area contributed by atoms with Gasteiger partial charge in [0.05, 0.1) is 0 Å². The summed E-state index contributed by atoms with van der Waals surface area (Å²) >= 11 is 0. The number of ether oxygens (including phenoxy) is 1. The zero-order chi connectivity index (χ0) is 12.0. The Morgan fingerprint density at radius 2 is 2.00 bits per heavy atom. The van der Waals surface area contributed by atoms with Gasteiger partial charge < -0.3 is 15.8 Å². The van der Waals surface area contributed by atoms with E-state index in [-0.39, 0.29) is 12.2 Å². The quantitative estimate of drug-likeness (QED) is 0.779. The van der Waals surface area contributed by atoms with Crippen LogP contribution >= 0.6 is 0 Å². The maximum atomic E-state index is 11.8. The molecule has 0 saturated carbocycles. The molecule has 3 N–H and O–H groups in total. The third-order valence-corrected chi connectivity index (χ3v) is 1.78. The van der Waals surface area contributed by atoms with E-state index in [0.717, 1.165) is 0 Å². The maximum absolute atomic E-state index is 11.8. The molecule has 1 aromatic rings. The summed E-state index contributed by atoms with van der Waals surface area (Å²) in [7, 11) is 0. The Labute approximate surface area is 91.4 Å². The van der Waals surface area contributed by atoms with E-state index in [1.165, 1.54) is 12.1 Å². The molecule has 16 heavy (non-hydrogen) atoms. The zero-order valence-corrected chi connectivity index (χ0v) is 8.45. The maximum Gasteiger partial charge on any atom is 0.387 e. The van der Waals surface area contributed by atoms with Crippen molar-refractivity contribution in [2.24, 2.45) is 5.73 Å². The predicted octanol–water partition coefficient (Wildman–Crippen LogP) is 1.58. The topological polar surface area (TPSA) is 64.4 Å². The Morgan fingerprint density at radius 3 is 2.50 bits per heavy atom. The molecule has 0 unspecified atom stereocenters. The van der Waals surface area contributed by atoms with E-state index in [9.17, 15) is 13.6 Å². The van der Waals surface area contributed by atoms with E-state index in [2.05, 4.69) is 10.1 Å². The molecule has 0 atom stereocenters. The van der Waals surface area contributed by atoms with Gasteiger partial charge in [-0.2, -0.15) is 8.78 Å². The second-order valence-electron chi connectivity index (χ2n) is 3.05. The normalized spacial score (nSPS) is 10.2. The van der Waals surface area contributed by atoms with Crippen molar-refractivity contribution in [2.75, 3.05) is 11.9 Å². The lowest BCUT2D eigenvalue weighted by atomic mass is 10.3. The van der Waals surface area contributed by atoms with Crippen molar-refractivity contribution >= 4 is 11.6 Å². The first-order valence-electron chi connectivity index (χ1n) is 4.65. The fourth-order valence-corrected chi connectivity index (χ4v) is 1.08. The first-order valence-corrected chi connectivity index (χ1v) is 4.65. The fraction of sp³-hybridized carbons (Fsp3) is 0.300. The number of carbonyl (C=O) groups excluding carboxylic acids is 1. The molecule has 88 valence electrons. The van der Waals surface area contributed by atoms with E-state index in [1.54, 1.807) is 12.1 Å². The third kappa shape index (κ3) is 4.59. The smallest absolute Gasteiger partial charge is 0.387 e. The third-order valence-electron chi connectivity index (χ3n) is 1.78. The second kappa shape index (κ2) is 5.89. The number of nitrogens with two attached hydrogens (primary N) is 1. The van der Waals surface area contributed by atoms with E-state index in [4.69, 9.17) is 5.73 Å². The Balaban J connectivity index is 2.42. The summed E-state index contributed by atoms with van der Waals surface area (Å²) in [6.07, 6.45) is 0.218. The summed E-state index contributed by atoms with van der Waals surface area (Å²) in [4.78, 5) is 10.4. The highest BCUT2D eigenvalue weighted by molar-refractivity contribution is 5.74. The Morgan fingerprint density at radius 1 is 1.38 bits per heavy atom. The van der Waals surface area contributed by atoms with E-state index in [0.29, 0.717) is 12.2 Å². The summed E-state index contributed by atoms with van der Waals surface area (Å²) < 4.78 is 27.8. The highest BCUT2D eigenvalue weighted by Gasteiger charge is 2.03. The van der Waals surface area contributed by atoms with Crippen molar-refractivity contribution in [3.05, 3.63) is 24.3 Å². The summed E-state index contributed by atoms with van der Waals surface area (Å²) in [5.74, 6) is -0.305. The average molecular weight is 230 g/mol. The van der Waals surface area contributed by atoms with Crippen molar-refractivity contribution in [3.8, 4) is 5.75 Å². The standard InChI is InChI=1S/C10H12F2N2O2/c11-10(12)16-8-3-1-7(2-4-8)14-6-5-9(13)15/h1-4,10,14H,5-6H2,(H2,13,15). The number of nitrogens with one attached hydrogen (secondary N) is 1. The Hall–Kier alpha value is -1.85. The van der Waals surface area contributed by atoms with Gasteiger partial charge in [0.25, 0.3) is 0 Å². The van der Waals surface area contributed by atoms with Gasteiger partial charge in [-0.15, -0.1) is 0 Å². The number of rotatable bonds is 6. The van der Waals surface area contributed by atoms with Crippen molar-refractivity contribution in [1.82, 2.24) is 0 Å². The summed E-state index contributed by atoms with van der Waals surface area (Å²) in [5.41, 5.74) is 5.66. The molecule has 0 saturated heterocycles. The molecule has 0 bridgehead atoms. The molecule has 6 heteroatoms. The van der Waals surface area contributed by atoms with Gasteiger partial charge in [-0.25, -0.2) is 0 Å².